The number of rotatable bonds is 0. The molecule has 0 saturated carbocycles. The van der Waals surface area contributed by atoms with E-state index in [1.165, 1.54) is 0 Å². The van der Waals surface area contributed by atoms with Gasteiger partial charge in [-0.3, -0.25) is 0 Å². The molecule has 2 aliphatic rings. The van der Waals surface area contributed by atoms with Crippen molar-refractivity contribution >= 4 is 5.69 Å². The van der Waals surface area contributed by atoms with Crippen molar-refractivity contribution in [2.75, 3.05) is 31.9 Å². The van der Waals surface area contributed by atoms with Crippen molar-refractivity contribution in [3.8, 4) is 17.2 Å². The molecule has 2 aliphatic heterocycles. The van der Waals surface area contributed by atoms with E-state index in [0.717, 1.165) is 36.1 Å². The molecule has 2 aromatic rings. The number of ether oxygens (including phenoxy) is 3. The van der Waals surface area contributed by atoms with E-state index in [1.807, 2.05) is 24.3 Å². The molecule has 110 valence electrons. The fourth-order valence-electron chi connectivity index (χ4n) is 2.04. The Balaban J connectivity index is 0.000000205. The molecule has 0 amide bonds. The van der Waals surface area contributed by atoms with Crippen LogP contribution in [0.4, 0.5) is 5.69 Å². The van der Waals surface area contributed by atoms with Crippen LogP contribution in [0.5, 0.6) is 17.2 Å². The van der Waals surface area contributed by atoms with Crippen LogP contribution in [-0.4, -0.2) is 27.0 Å². The molecule has 0 unspecified atom stereocenters. The van der Waals surface area contributed by atoms with Crippen molar-refractivity contribution in [3.05, 3.63) is 48.5 Å². The Labute approximate surface area is 181 Å². The van der Waals surface area contributed by atoms with Gasteiger partial charge >= 0.3 is 0 Å². The Morgan fingerprint density at radius 1 is 0.909 bits per heavy atom. The van der Waals surface area contributed by atoms with E-state index in [1.54, 1.807) is 12.1 Å². The first kappa shape index (κ1) is 19.9. The largest absolute Gasteiger partial charge is 0.547 e. The molecule has 4 nitrogen and oxygen atoms in total. The van der Waals surface area contributed by atoms with Gasteiger partial charge in [0.25, 0.3) is 0 Å². The molecule has 6 heteroatoms. The number of benzene rings is 2. The van der Waals surface area contributed by atoms with Gasteiger partial charge in [-0.15, -0.1) is 24.3 Å². The average molecular weight is 447 g/mol. The minimum atomic E-state index is 0. The van der Waals surface area contributed by atoms with E-state index >= 15 is 0 Å². The Hall–Kier alpha value is -0.152. The minimum Gasteiger partial charge on any atom is -0.547 e. The number of likely N-dealkylation sites (N-methyl/N-ethyl adjacent to an activating group) is 1. The van der Waals surface area contributed by atoms with Crippen LogP contribution in [0.1, 0.15) is 0 Å². The molecule has 0 saturated heterocycles. The van der Waals surface area contributed by atoms with Crippen molar-refractivity contribution < 1.29 is 79.6 Å². The summed E-state index contributed by atoms with van der Waals surface area (Å²) in [4.78, 5) is 2.19. The van der Waals surface area contributed by atoms with Crippen LogP contribution < -0.4 is 19.1 Å². The first-order valence-corrected chi connectivity index (χ1v) is 6.44. The predicted molar refractivity (Wildman–Crippen MR) is 75.4 cm³/mol. The Bertz CT molecular complexity index is 572. The van der Waals surface area contributed by atoms with Gasteiger partial charge in [-0.25, -0.2) is 0 Å². The zero-order valence-electron chi connectivity index (χ0n) is 12.4. The summed E-state index contributed by atoms with van der Waals surface area (Å²) in [5.41, 5.74) is 1.16. The van der Waals surface area contributed by atoms with Crippen molar-refractivity contribution in [1.82, 2.24) is 0 Å². The number of anilines is 1. The third-order valence-corrected chi connectivity index (χ3v) is 3.12. The first-order valence-electron chi connectivity index (χ1n) is 6.44. The van der Waals surface area contributed by atoms with Crippen molar-refractivity contribution in [2.24, 2.45) is 0 Å². The average Bonchev–Trinajstić information content (AvgIpc) is 2.97. The third-order valence-electron chi connectivity index (χ3n) is 3.12. The van der Waals surface area contributed by atoms with E-state index in [2.05, 4.69) is 24.1 Å². The van der Waals surface area contributed by atoms with Gasteiger partial charge in [0, 0.05) is 84.8 Å². The summed E-state index contributed by atoms with van der Waals surface area (Å²) in [6, 6.07) is 17.1. The van der Waals surface area contributed by atoms with Gasteiger partial charge in [0.1, 0.15) is 0 Å². The molecule has 0 aliphatic carbocycles. The van der Waals surface area contributed by atoms with Gasteiger partial charge in [0.15, 0.2) is 0 Å². The standard InChI is InChI=1S/C9H10NO.C7H5O2.2Y/c1-10-6-7-11-9-5-3-2-4-8(9)10;1-2-4-7-6(3-1)8-5-9-7;;/h2,4-5H,6-7H2,1H3;1,3-4H,5H2;;/q2*-1;;. The maximum Gasteiger partial charge on any atom is 0.215 e. The van der Waals surface area contributed by atoms with Gasteiger partial charge in [0.05, 0.1) is 18.1 Å². The molecule has 0 bridgehead atoms. The normalized spacial score (nSPS) is 13.4. The molecule has 0 spiro atoms. The monoisotopic (exact) mass is 447 g/mol. The quantitative estimate of drug-likeness (QED) is 0.582. The van der Waals surface area contributed by atoms with Crippen LogP contribution in [0.3, 0.4) is 0 Å². The molecule has 0 atom stereocenters. The van der Waals surface area contributed by atoms with Crippen molar-refractivity contribution in [3.63, 3.8) is 0 Å². The Kier molecular flexibility index (Phi) is 8.92. The molecular weight excluding hydrogens is 432 g/mol. The minimum absolute atomic E-state index is 0. The molecular formula is C16H15NO3Y2-2. The van der Waals surface area contributed by atoms with Crippen LogP contribution in [0, 0.1) is 12.1 Å². The number of nitrogens with zero attached hydrogens (tertiary/aromatic N) is 1. The second-order valence-electron chi connectivity index (χ2n) is 4.44. The zero-order chi connectivity index (χ0) is 13.8. The van der Waals surface area contributed by atoms with E-state index in [9.17, 15) is 0 Å². The van der Waals surface area contributed by atoms with E-state index < -0.39 is 0 Å². The van der Waals surface area contributed by atoms with Gasteiger partial charge in [-0.1, -0.05) is 0 Å². The molecule has 2 aromatic carbocycles. The van der Waals surface area contributed by atoms with Gasteiger partial charge in [-0.05, 0) is 5.69 Å². The molecule has 0 N–H and O–H groups in total. The fourth-order valence-corrected chi connectivity index (χ4v) is 2.04. The molecule has 0 fully saturated rings. The fraction of sp³-hybridized carbons (Fsp3) is 0.250. The predicted octanol–water partition coefficient (Wildman–Crippen LogP) is 2.53. The van der Waals surface area contributed by atoms with Crippen LogP contribution in [0.15, 0.2) is 36.4 Å². The SMILES string of the molecule is CN1CCOc2c[c-]ccc21.[Y].[Y].[c-]1ccc2c(c1)OCO2. The summed E-state index contributed by atoms with van der Waals surface area (Å²) < 4.78 is 15.5. The maximum absolute atomic E-state index is 5.42. The van der Waals surface area contributed by atoms with Gasteiger partial charge in [-0.2, -0.15) is 24.3 Å². The second kappa shape index (κ2) is 9.87. The molecule has 22 heavy (non-hydrogen) atoms. The van der Waals surface area contributed by atoms with Crippen LogP contribution in [-0.2, 0) is 65.4 Å². The van der Waals surface area contributed by atoms with Crippen LogP contribution in [0.2, 0.25) is 0 Å². The summed E-state index contributed by atoms with van der Waals surface area (Å²) in [7, 11) is 2.07. The number of hydrogen-bond acceptors (Lipinski definition) is 4. The summed E-state index contributed by atoms with van der Waals surface area (Å²) in [5.74, 6) is 2.55. The zero-order valence-corrected chi connectivity index (χ0v) is 18.1. The van der Waals surface area contributed by atoms with E-state index in [0.29, 0.717) is 6.79 Å². The summed E-state index contributed by atoms with van der Waals surface area (Å²) >= 11 is 0. The van der Waals surface area contributed by atoms with Crippen LogP contribution in [0.25, 0.3) is 0 Å². The Morgan fingerprint density at radius 2 is 1.59 bits per heavy atom. The van der Waals surface area contributed by atoms with E-state index in [-0.39, 0.29) is 65.4 Å². The van der Waals surface area contributed by atoms with Crippen molar-refractivity contribution in [1.29, 1.82) is 0 Å². The first-order chi connectivity index (χ1) is 9.84. The molecule has 2 radical (unpaired) electrons. The van der Waals surface area contributed by atoms with Crippen molar-refractivity contribution in [2.45, 2.75) is 0 Å². The third kappa shape index (κ3) is 4.92. The molecule has 2 heterocycles. The molecule has 0 aromatic heterocycles. The van der Waals surface area contributed by atoms with E-state index in [4.69, 9.17) is 14.2 Å². The maximum atomic E-state index is 5.42. The number of hydrogen-bond donors (Lipinski definition) is 0. The van der Waals surface area contributed by atoms with Gasteiger partial charge in [0.2, 0.25) is 6.79 Å². The second-order valence-corrected chi connectivity index (χ2v) is 4.44. The molecule has 4 rings (SSSR count). The van der Waals surface area contributed by atoms with Crippen LogP contribution >= 0.6 is 0 Å². The topological polar surface area (TPSA) is 30.9 Å². The Morgan fingerprint density at radius 3 is 2.32 bits per heavy atom. The smallest absolute Gasteiger partial charge is 0.215 e. The summed E-state index contributed by atoms with van der Waals surface area (Å²) in [6.07, 6.45) is 0. The number of fused-ring (bicyclic) bond motifs is 2. The summed E-state index contributed by atoms with van der Waals surface area (Å²) in [6.45, 7) is 2.09. The van der Waals surface area contributed by atoms with Gasteiger partial charge < -0.3 is 19.1 Å². The summed E-state index contributed by atoms with van der Waals surface area (Å²) in [5, 5.41) is 0.